The zero-order chi connectivity index (χ0) is 17.9. The van der Waals surface area contributed by atoms with Gasteiger partial charge in [0.15, 0.2) is 17.0 Å². The van der Waals surface area contributed by atoms with E-state index in [-0.39, 0.29) is 11.2 Å². The Morgan fingerprint density at radius 2 is 1.96 bits per heavy atom. The number of pyridine rings is 1. The van der Waals surface area contributed by atoms with Crippen molar-refractivity contribution in [3.05, 3.63) is 88.7 Å². The van der Waals surface area contributed by atoms with Gasteiger partial charge in [-0.2, -0.15) is 5.10 Å². The molecule has 0 spiro atoms. The highest BCUT2D eigenvalue weighted by Crippen LogP contribution is 2.13. The Labute approximate surface area is 147 Å². The van der Waals surface area contributed by atoms with E-state index in [4.69, 9.17) is 4.42 Å². The molecular weight excluding hydrogens is 332 g/mol. The Hall–Kier alpha value is -3.74. The van der Waals surface area contributed by atoms with Gasteiger partial charge in [-0.25, -0.2) is 0 Å². The first-order valence-corrected chi connectivity index (χ1v) is 7.97. The van der Waals surface area contributed by atoms with Crippen LogP contribution in [0.1, 0.15) is 16.2 Å². The van der Waals surface area contributed by atoms with Crippen molar-refractivity contribution < 1.29 is 9.21 Å². The highest BCUT2D eigenvalue weighted by atomic mass is 16.3. The molecule has 0 fully saturated rings. The Morgan fingerprint density at radius 3 is 2.81 bits per heavy atom. The molecule has 0 bridgehead atoms. The number of fused-ring (bicyclic) bond motifs is 1. The van der Waals surface area contributed by atoms with Crippen LogP contribution in [0.5, 0.6) is 0 Å². The van der Waals surface area contributed by atoms with E-state index in [1.54, 1.807) is 47.4 Å². The molecule has 7 nitrogen and oxygen atoms in total. The smallest absolute Gasteiger partial charge is 0.292 e. The average molecular weight is 346 g/mol. The summed E-state index contributed by atoms with van der Waals surface area (Å²) < 4.78 is 7.18. The monoisotopic (exact) mass is 346 g/mol. The van der Waals surface area contributed by atoms with E-state index in [1.165, 1.54) is 6.07 Å². The molecule has 0 saturated heterocycles. The number of carbonyl (C=O) groups is 1. The number of para-hydroxylation sites is 1. The molecule has 0 aliphatic rings. The lowest BCUT2D eigenvalue weighted by molar-refractivity contribution is 0.0996. The van der Waals surface area contributed by atoms with E-state index in [9.17, 15) is 9.59 Å². The first-order chi connectivity index (χ1) is 12.7. The van der Waals surface area contributed by atoms with E-state index in [0.29, 0.717) is 23.3 Å². The maximum atomic E-state index is 12.4. The SMILES string of the molecule is O=C(Nc1ccn(Cc2ccccn2)n1)c1cc(=O)c2ccccc2o1. The van der Waals surface area contributed by atoms with Gasteiger partial charge in [-0.05, 0) is 24.3 Å². The summed E-state index contributed by atoms with van der Waals surface area (Å²) in [4.78, 5) is 28.7. The molecule has 0 radical (unpaired) electrons. The van der Waals surface area contributed by atoms with Crippen molar-refractivity contribution in [2.45, 2.75) is 6.54 Å². The molecule has 128 valence electrons. The third-order valence-electron chi connectivity index (χ3n) is 3.79. The lowest BCUT2D eigenvalue weighted by Crippen LogP contribution is -2.15. The molecule has 3 aromatic heterocycles. The van der Waals surface area contributed by atoms with Crippen LogP contribution in [0.4, 0.5) is 5.82 Å². The minimum atomic E-state index is -0.532. The van der Waals surface area contributed by atoms with Crippen LogP contribution in [0.3, 0.4) is 0 Å². The Balaban J connectivity index is 1.53. The van der Waals surface area contributed by atoms with Gasteiger partial charge in [0.1, 0.15) is 5.58 Å². The minimum Gasteiger partial charge on any atom is -0.451 e. The highest BCUT2D eigenvalue weighted by Gasteiger charge is 2.13. The predicted octanol–water partition coefficient (Wildman–Crippen LogP) is 2.69. The summed E-state index contributed by atoms with van der Waals surface area (Å²) in [5.74, 6) is -0.231. The van der Waals surface area contributed by atoms with Crippen molar-refractivity contribution >= 4 is 22.7 Å². The van der Waals surface area contributed by atoms with Gasteiger partial charge in [0.2, 0.25) is 0 Å². The van der Waals surface area contributed by atoms with E-state index in [0.717, 1.165) is 5.69 Å². The molecule has 26 heavy (non-hydrogen) atoms. The van der Waals surface area contributed by atoms with Crippen LogP contribution in [0.2, 0.25) is 0 Å². The molecule has 1 amide bonds. The fourth-order valence-corrected chi connectivity index (χ4v) is 2.57. The summed E-state index contributed by atoms with van der Waals surface area (Å²) in [5.41, 5.74) is 0.956. The van der Waals surface area contributed by atoms with Crippen molar-refractivity contribution in [3.8, 4) is 0 Å². The summed E-state index contributed by atoms with van der Waals surface area (Å²) in [6.45, 7) is 0.488. The van der Waals surface area contributed by atoms with E-state index in [1.807, 2.05) is 18.2 Å². The van der Waals surface area contributed by atoms with Gasteiger partial charge < -0.3 is 9.73 Å². The molecular formula is C19H14N4O3. The standard InChI is InChI=1S/C19H14N4O3/c24-15-11-17(26-16-7-2-1-6-14(15)16)19(25)21-18-8-10-23(22-18)12-13-5-3-4-9-20-13/h1-11H,12H2,(H,21,22,25). The van der Waals surface area contributed by atoms with Crippen LogP contribution in [-0.2, 0) is 6.54 Å². The van der Waals surface area contributed by atoms with Crippen LogP contribution in [-0.4, -0.2) is 20.7 Å². The molecule has 4 rings (SSSR count). The first kappa shape index (κ1) is 15.8. The second-order valence-electron chi connectivity index (χ2n) is 5.64. The number of aromatic nitrogens is 3. The molecule has 0 aliphatic heterocycles. The number of amides is 1. The largest absolute Gasteiger partial charge is 0.451 e. The summed E-state index contributed by atoms with van der Waals surface area (Å²) in [5, 5.41) is 7.35. The second kappa shape index (κ2) is 6.64. The number of hydrogen-bond acceptors (Lipinski definition) is 5. The van der Waals surface area contributed by atoms with Crippen molar-refractivity contribution in [2.24, 2.45) is 0 Å². The lowest BCUT2D eigenvalue weighted by Gasteiger charge is -2.03. The molecule has 1 aromatic carbocycles. The zero-order valence-corrected chi connectivity index (χ0v) is 13.6. The molecule has 0 unspecified atom stereocenters. The fraction of sp³-hybridized carbons (Fsp3) is 0.0526. The van der Waals surface area contributed by atoms with Crippen LogP contribution in [0.25, 0.3) is 11.0 Å². The predicted molar refractivity (Wildman–Crippen MR) is 96.0 cm³/mol. The quantitative estimate of drug-likeness (QED) is 0.613. The van der Waals surface area contributed by atoms with Gasteiger partial charge in [-0.3, -0.25) is 19.3 Å². The summed E-state index contributed by atoms with van der Waals surface area (Å²) in [6.07, 6.45) is 3.45. The van der Waals surface area contributed by atoms with E-state index >= 15 is 0 Å². The number of rotatable bonds is 4. The van der Waals surface area contributed by atoms with E-state index < -0.39 is 5.91 Å². The molecule has 0 saturated carbocycles. The van der Waals surface area contributed by atoms with Gasteiger partial charge in [0.25, 0.3) is 5.91 Å². The fourth-order valence-electron chi connectivity index (χ4n) is 2.57. The zero-order valence-electron chi connectivity index (χ0n) is 13.6. The molecule has 4 aromatic rings. The minimum absolute atomic E-state index is 0.0621. The van der Waals surface area contributed by atoms with Crippen LogP contribution < -0.4 is 10.7 Å². The van der Waals surface area contributed by atoms with Gasteiger partial charge in [0.05, 0.1) is 17.6 Å². The van der Waals surface area contributed by atoms with Crippen molar-refractivity contribution in [1.29, 1.82) is 0 Å². The number of anilines is 1. The van der Waals surface area contributed by atoms with Crippen LogP contribution >= 0.6 is 0 Å². The summed E-state index contributed by atoms with van der Waals surface area (Å²) in [7, 11) is 0. The average Bonchev–Trinajstić information content (AvgIpc) is 3.09. The molecule has 3 heterocycles. The van der Waals surface area contributed by atoms with Crippen LogP contribution in [0, 0.1) is 0 Å². The van der Waals surface area contributed by atoms with Crippen LogP contribution in [0.15, 0.2) is 76.2 Å². The maximum absolute atomic E-state index is 12.4. The number of carbonyl (C=O) groups excluding carboxylic acids is 1. The Kier molecular flexibility index (Phi) is 4.03. The van der Waals surface area contributed by atoms with Crippen molar-refractivity contribution in [1.82, 2.24) is 14.8 Å². The third-order valence-corrected chi connectivity index (χ3v) is 3.79. The highest BCUT2D eigenvalue weighted by molar-refractivity contribution is 6.02. The van der Waals surface area contributed by atoms with E-state index in [2.05, 4.69) is 15.4 Å². The second-order valence-corrected chi connectivity index (χ2v) is 5.64. The normalized spacial score (nSPS) is 10.8. The van der Waals surface area contributed by atoms with Crippen molar-refractivity contribution in [3.63, 3.8) is 0 Å². The number of hydrogen-bond donors (Lipinski definition) is 1. The Bertz CT molecular complexity index is 1130. The molecule has 7 heteroatoms. The lowest BCUT2D eigenvalue weighted by atomic mass is 10.2. The Morgan fingerprint density at radius 1 is 1.12 bits per heavy atom. The first-order valence-electron chi connectivity index (χ1n) is 7.97. The molecule has 0 aliphatic carbocycles. The summed E-state index contributed by atoms with van der Waals surface area (Å²) >= 11 is 0. The van der Waals surface area contributed by atoms with Crippen molar-refractivity contribution in [2.75, 3.05) is 5.32 Å². The van der Waals surface area contributed by atoms with Gasteiger partial charge in [-0.15, -0.1) is 0 Å². The molecule has 0 atom stereocenters. The van der Waals surface area contributed by atoms with Gasteiger partial charge >= 0.3 is 0 Å². The summed E-state index contributed by atoms with van der Waals surface area (Å²) in [6, 6.07) is 15.3. The number of nitrogens with one attached hydrogen (secondary N) is 1. The third kappa shape index (κ3) is 3.23. The van der Waals surface area contributed by atoms with Gasteiger partial charge in [0, 0.05) is 24.5 Å². The maximum Gasteiger partial charge on any atom is 0.292 e. The topological polar surface area (TPSA) is 90.0 Å². The number of benzene rings is 1. The number of nitrogens with zero attached hydrogens (tertiary/aromatic N) is 3. The molecule has 1 N–H and O–H groups in total. The van der Waals surface area contributed by atoms with Gasteiger partial charge in [-0.1, -0.05) is 18.2 Å².